The van der Waals surface area contributed by atoms with Crippen LogP contribution in [0.5, 0.6) is 0 Å². The number of fused-ring (bicyclic) bond motifs is 1. The van der Waals surface area contributed by atoms with Crippen molar-refractivity contribution in [3.05, 3.63) is 36.0 Å². The van der Waals surface area contributed by atoms with Gasteiger partial charge in [-0.3, -0.25) is 0 Å². The Morgan fingerprint density at radius 1 is 1.06 bits per heavy atom. The van der Waals surface area contributed by atoms with Crippen LogP contribution in [0, 0.1) is 0 Å². The molecule has 1 aromatic heterocycles. The minimum Gasteiger partial charge on any atom is -0.392 e. The number of aliphatic hydroxyl groups is 1. The van der Waals surface area contributed by atoms with E-state index in [1.54, 1.807) is 0 Å². The molecular formula is C15H20N2O. The molecule has 0 bridgehead atoms. The van der Waals surface area contributed by atoms with E-state index in [1.165, 1.54) is 36.8 Å². The number of nitrogens with zero attached hydrogens (tertiary/aromatic N) is 2. The van der Waals surface area contributed by atoms with Crippen molar-refractivity contribution in [3.8, 4) is 0 Å². The molecule has 0 spiro atoms. The van der Waals surface area contributed by atoms with E-state index in [-0.39, 0.29) is 6.61 Å². The Labute approximate surface area is 108 Å². The SMILES string of the molecule is OCc1ccc2ccn(CCN3CCCC3)c2c1. The van der Waals surface area contributed by atoms with Crippen LogP contribution in [0.1, 0.15) is 18.4 Å². The molecule has 1 saturated heterocycles. The monoisotopic (exact) mass is 244 g/mol. The average molecular weight is 244 g/mol. The molecule has 18 heavy (non-hydrogen) atoms. The van der Waals surface area contributed by atoms with Gasteiger partial charge in [0.25, 0.3) is 0 Å². The number of aromatic nitrogens is 1. The van der Waals surface area contributed by atoms with Gasteiger partial charge in [0.15, 0.2) is 0 Å². The average Bonchev–Trinajstić information content (AvgIpc) is 3.05. The van der Waals surface area contributed by atoms with Crippen molar-refractivity contribution in [3.63, 3.8) is 0 Å². The summed E-state index contributed by atoms with van der Waals surface area (Å²) in [6, 6.07) is 8.33. The highest BCUT2D eigenvalue weighted by Gasteiger charge is 2.11. The lowest BCUT2D eigenvalue weighted by Crippen LogP contribution is -2.23. The van der Waals surface area contributed by atoms with Gasteiger partial charge in [0.05, 0.1) is 6.61 Å². The second kappa shape index (κ2) is 5.12. The van der Waals surface area contributed by atoms with Gasteiger partial charge >= 0.3 is 0 Å². The van der Waals surface area contributed by atoms with Crippen molar-refractivity contribution in [2.24, 2.45) is 0 Å². The van der Waals surface area contributed by atoms with Gasteiger partial charge in [0.2, 0.25) is 0 Å². The zero-order valence-corrected chi connectivity index (χ0v) is 10.7. The molecule has 1 aliphatic rings. The first-order chi connectivity index (χ1) is 8.86. The molecule has 1 aliphatic heterocycles. The highest BCUT2D eigenvalue weighted by atomic mass is 16.3. The van der Waals surface area contributed by atoms with Gasteiger partial charge in [-0.2, -0.15) is 0 Å². The van der Waals surface area contributed by atoms with Crippen LogP contribution < -0.4 is 0 Å². The fourth-order valence-electron chi connectivity index (χ4n) is 2.78. The maximum absolute atomic E-state index is 9.21. The fraction of sp³-hybridized carbons (Fsp3) is 0.467. The Bertz CT molecular complexity index is 526. The topological polar surface area (TPSA) is 28.4 Å². The minimum absolute atomic E-state index is 0.118. The summed E-state index contributed by atoms with van der Waals surface area (Å²) < 4.78 is 2.30. The first kappa shape index (κ1) is 11.8. The number of likely N-dealkylation sites (tertiary alicyclic amines) is 1. The standard InChI is InChI=1S/C15H20N2O/c18-12-13-3-4-14-5-8-17(15(14)11-13)10-9-16-6-1-2-7-16/h3-5,8,11,18H,1-2,6-7,9-10,12H2. The summed E-state index contributed by atoms with van der Waals surface area (Å²) in [6.07, 6.45) is 4.85. The predicted molar refractivity (Wildman–Crippen MR) is 73.5 cm³/mol. The summed E-state index contributed by atoms with van der Waals surface area (Å²) in [5, 5.41) is 10.5. The van der Waals surface area contributed by atoms with Crippen molar-refractivity contribution in [1.29, 1.82) is 0 Å². The normalized spacial score (nSPS) is 16.7. The van der Waals surface area contributed by atoms with Crippen LogP contribution in [0.15, 0.2) is 30.5 Å². The molecule has 2 aromatic rings. The van der Waals surface area contributed by atoms with Gasteiger partial charge in [0.1, 0.15) is 0 Å². The fourth-order valence-corrected chi connectivity index (χ4v) is 2.78. The van der Waals surface area contributed by atoms with E-state index in [1.807, 2.05) is 6.07 Å². The van der Waals surface area contributed by atoms with Gasteiger partial charge < -0.3 is 14.6 Å². The highest BCUT2D eigenvalue weighted by Crippen LogP contribution is 2.18. The molecule has 3 heteroatoms. The lowest BCUT2D eigenvalue weighted by molar-refractivity contribution is 0.282. The lowest BCUT2D eigenvalue weighted by Gasteiger charge is -2.15. The Balaban J connectivity index is 1.78. The van der Waals surface area contributed by atoms with Crippen LogP contribution in [-0.2, 0) is 13.2 Å². The molecule has 1 N–H and O–H groups in total. The second-order valence-electron chi connectivity index (χ2n) is 5.11. The predicted octanol–water partition coefficient (Wildman–Crippen LogP) is 2.23. The first-order valence-corrected chi connectivity index (χ1v) is 6.78. The third-order valence-electron chi connectivity index (χ3n) is 3.88. The summed E-state index contributed by atoms with van der Waals surface area (Å²) in [4.78, 5) is 2.53. The Morgan fingerprint density at radius 3 is 2.67 bits per heavy atom. The summed E-state index contributed by atoms with van der Waals surface area (Å²) in [5.41, 5.74) is 2.23. The number of hydrogen-bond acceptors (Lipinski definition) is 2. The van der Waals surface area contributed by atoms with Crippen molar-refractivity contribution < 1.29 is 5.11 Å². The smallest absolute Gasteiger partial charge is 0.0682 e. The van der Waals surface area contributed by atoms with Gasteiger partial charge in [-0.1, -0.05) is 12.1 Å². The molecule has 96 valence electrons. The largest absolute Gasteiger partial charge is 0.392 e. The highest BCUT2D eigenvalue weighted by molar-refractivity contribution is 5.80. The number of rotatable bonds is 4. The molecule has 0 aliphatic carbocycles. The van der Waals surface area contributed by atoms with E-state index in [0.717, 1.165) is 18.7 Å². The van der Waals surface area contributed by atoms with Gasteiger partial charge in [-0.25, -0.2) is 0 Å². The molecule has 1 aromatic carbocycles. The molecule has 0 atom stereocenters. The molecule has 0 unspecified atom stereocenters. The third-order valence-corrected chi connectivity index (χ3v) is 3.88. The number of benzene rings is 1. The van der Waals surface area contributed by atoms with Gasteiger partial charge in [0, 0.05) is 24.8 Å². The molecule has 3 nitrogen and oxygen atoms in total. The molecule has 1 fully saturated rings. The van der Waals surface area contributed by atoms with Crippen molar-refractivity contribution in [2.75, 3.05) is 19.6 Å². The number of aliphatic hydroxyl groups excluding tert-OH is 1. The van der Waals surface area contributed by atoms with Gasteiger partial charge in [-0.15, -0.1) is 0 Å². The van der Waals surface area contributed by atoms with Crippen LogP contribution in [0.2, 0.25) is 0 Å². The molecule has 2 heterocycles. The van der Waals surface area contributed by atoms with Crippen LogP contribution in [0.3, 0.4) is 0 Å². The van der Waals surface area contributed by atoms with E-state index in [2.05, 4.69) is 33.9 Å². The summed E-state index contributed by atoms with van der Waals surface area (Å²) in [6.45, 7) is 4.79. The number of hydrogen-bond donors (Lipinski definition) is 1. The van der Waals surface area contributed by atoms with Crippen molar-refractivity contribution >= 4 is 10.9 Å². The molecule has 0 saturated carbocycles. The molecule has 3 rings (SSSR count). The van der Waals surface area contributed by atoms with Crippen LogP contribution in [-0.4, -0.2) is 34.2 Å². The third kappa shape index (κ3) is 2.28. The minimum atomic E-state index is 0.118. The van der Waals surface area contributed by atoms with Crippen molar-refractivity contribution in [1.82, 2.24) is 9.47 Å². The second-order valence-corrected chi connectivity index (χ2v) is 5.11. The Hall–Kier alpha value is -1.32. The van der Waals surface area contributed by atoms with Crippen LogP contribution in [0.4, 0.5) is 0 Å². The van der Waals surface area contributed by atoms with E-state index in [0.29, 0.717) is 0 Å². The van der Waals surface area contributed by atoms with Crippen LogP contribution in [0.25, 0.3) is 10.9 Å². The molecule has 0 radical (unpaired) electrons. The summed E-state index contributed by atoms with van der Waals surface area (Å²) >= 11 is 0. The van der Waals surface area contributed by atoms with Crippen LogP contribution >= 0.6 is 0 Å². The molecular weight excluding hydrogens is 224 g/mol. The first-order valence-electron chi connectivity index (χ1n) is 6.78. The van der Waals surface area contributed by atoms with E-state index in [9.17, 15) is 5.11 Å². The maximum atomic E-state index is 9.21. The van der Waals surface area contributed by atoms with E-state index >= 15 is 0 Å². The zero-order valence-electron chi connectivity index (χ0n) is 10.7. The molecule has 0 amide bonds. The van der Waals surface area contributed by atoms with Gasteiger partial charge in [-0.05, 0) is 49.0 Å². The Kier molecular flexibility index (Phi) is 3.35. The zero-order chi connectivity index (χ0) is 12.4. The van der Waals surface area contributed by atoms with E-state index < -0.39 is 0 Å². The summed E-state index contributed by atoms with van der Waals surface area (Å²) in [7, 11) is 0. The lowest BCUT2D eigenvalue weighted by atomic mass is 10.2. The quantitative estimate of drug-likeness (QED) is 0.893. The Morgan fingerprint density at radius 2 is 1.89 bits per heavy atom. The maximum Gasteiger partial charge on any atom is 0.0682 e. The van der Waals surface area contributed by atoms with E-state index in [4.69, 9.17) is 0 Å². The summed E-state index contributed by atoms with van der Waals surface area (Å²) in [5.74, 6) is 0. The van der Waals surface area contributed by atoms with Crippen molar-refractivity contribution in [2.45, 2.75) is 26.0 Å².